The predicted octanol–water partition coefficient (Wildman–Crippen LogP) is 2.31. The summed E-state index contributed by atoms with van der Waals surface area (Å²) in [7, 11) is 2.74. The number of esters is 2. The Hall–Kier alpha value is -1.06. The van der Waals surface area contributed by atoms with E-state index in [1.165, 1.54) is 14.2 Å². The van der Waals surface area contributed by atoms with Crippen LogP contribution in [0.25, 0.3) is 0 Å². The van der Waals surface area contributed by atoms with E-state index < -0.39 is 0 Å². The molecular weight excluding hydrogens is 208 g/mol. The topological polar surface area (TPSA) is 52.6 Å². The molecule has 0 bridgehead atoms. The van der Waals surface area contributed by atoms with E-state index in [-0.39, 0.29) is 30.2 Å². The lowest BCUT2D eigenvalue weighted by Crippen LogP contribution is -2.28. The summed E-state index contributed by atoms with van der Waals surface area (Å²) in [6.07, 6.45) is 3.09. The predicted molar refractivity (Wildman–Crippen MR) is 60.9 cm³/mol. The van der Waals surface area contributed by atoms with Gasteiger partial charge in [0.25, 0.3) is 0 Å². The van der Waals surface area contributed by atoms with Crippen LogP contribution in [0.5, 0.6) is 0 Å². The van der Waals surface area contributed by atoms with Crippen molar-refractivity contribution in [3.05, 3.63) is 0 Å². The van der Waals surface area contributed by atoms with Crippen LogP contribution in [0.4, 0.5) is 0 Å². The van der Waals surface area contributed by atoms with Gasteiger partial charge < -0.3 is 9.47 Å². The number of rotatable bonds is 7. The summed E-state index contributed by atoms with van der Waals surface area (Å²) in [6, 6.07) is 0. The molecule has 0 radical (unpaired) electrons. The lowest BCUT2D eigenvalue weighted by atomic mass is 9.75. The first-order chi connectivity index (χ1) is 7.53. The second-order valence-corrected chi connectivity index (χ2v) is 4.11. The number of hydrogen-bond acceptors (Lipinski definition) is 4. The molecule has 0 N–H and O–H groups in total. The lowest BCUT2D eigenvalue weighted by molar-refractivity contribution is -0.148. The third-order valence-corrected chi connectivity index (χ3v) is 3.02. The number of carbonyl (C=O) groups excluding carboxylic acids is 2. The van der Waals surface area contributed by atoms with Gasteiger partial charge >= 0.3 is 11.9 Å². The Morgan fingerprint density at radius 2 is 1.44 bits per heavy atom. The van der Waals surface area contributed by atoms with Gasteiger partial charge in [0.05, 0.1) is 27.1 Å². The molecule has 0 amide bonds. The van der Waals surface area contributed by atoms with Gasteiger partial charge in [0.2, 0.25) is 0 Å². The largest absolute Gasteiger partial charge is 0.469 e. The molecule has 0 aliphatic rings. The maximum Gasteiger partial charge on any atom is 0.306 e. The monoisotopic (exact) mass is 230 g/mol. The zero-order chi connectivity index (χ0) is 12.6. The van der Waals surface area contributed by atoms with Crippen molar-refractivity contribution in [3.8, 4) is 0 Å². The first kappa shape index (κ1) is 14.9. The van der Waals surface area contributed by atoms with Gasteiger partial charge in [-0.05, 0) is 18.3 Å². The Labute approximate surface area is 97.3 Å². The van der Waals surface area contributed by atoms with Gasteiger partial charge in [-0.3, -0.25) is 9.59 Å². The van der Waals surface area contributed by atoms with Crippen LogP contribution in [0.3, 0.4) is 0 Å². The molecule has 4 nitrogen and oxygen atoms in total. The highest BCUT2D eigenvalue weighted by Crippen LogP contribution is 2.36. The smallest absolute Gasteiger partial charge is 0.306 e. The molecule has 0 aliphatic carbocycles. The van der Waals surface area contributed by atoms with Gasteiger partial charge in [-0.15, -0.1) is 0 Å². The fourth-order valence-corrected chi connectivity index (χ4v) is 1.95. The maximum absolute atomic E-state index is 11.4. The van der Waals surface area contributed by atoms with E-state index >= 15 is 0 Å². The van der Waals surface area contributed by atoms with Crippen LogP contribution in [-0.4, -0.2) is 26.2 Å². The minimum Gasteiger partial charge on any atom is -0.469 e. The average Bonchev–Trinajstić information content (AvgIpc) is 2.28. The van der Waals surface area contributed by atoms with Crippen LogP contribution in [0.2, 0.25) is 0 Å². The first-order valence-electron chi connectivity index (χ1n) is 5.67. The van der Waals surface area contributed by atoms with Gasteiger partial charge in [-0.1, -0.05) is 20.3 Å². The van der Waals surface area contributed by atoms with Crippen molar-refractivity contribution < 1.29 is 19.1 Å². The Kier molecular flexibility index (Phi) is 6.77. The van der Waals surface area contributed by atoms with Crippen molar-refractivity contribution in [2.24, 2.45) is 5.41 Å². The molecule has 0 aromatic heterocycles. The second-order valence-electron chi connectivity index (χ2n) is 4.11. The molecule has 0 aliphatic heterocycles. The molecule has 4 heteroatoms. The summed E-state index contributed by atoms with van der Waals surface area (Å²) >= 11 is 0. The van der Waals surface area contributed by atoms with Gasteiger partial charge in [-0.25, -0.2) is 0 Å². The average molecular weight is 230 g/mol. The quantitative estimate of drug-likeness (QED) is 0.630. The Morgan fingerprint density at radius 3 is 1.69 bits per heavy atom. The summed E-state index contributed by atoms with van der Waals surface area (Å²) in [5.41, 5.74) is -0.311. The highest BCUT2D eigenvalue weighted by molar-refractivity contribution is 5.74. The molecule has 0 saturated carbocycles. The number of methoxy groups -OCH3 is 2. The van der Waals surface area contributed by atoms with Crippen molar-refractivity contribution in [1.29, 1.82) is 0 Å². The zero-order valence-corrected chi connectivity index (χ0v) is 10.7. The van der Waals surface area contributed by atoms with Gasteiger partial charge in [0, 0.05) is 0 Å². The van der Waals surface area contributed by atoms with Gasteiger partial charge in [0.15, 0.2) is 0 Å². The molecule has 0 aromatic carbocycles. The third kappa shape index (κ3) is 4.64. The van der Waals surface area contributed by atoms with Crippen molar-refractivity contribution >= 4 is 11.9 Å². The molecule has 0 unspecified atom stereocenters. The van der Waals surface area contributed by atoms with E-state index in [4.69, 9.17) is 0 Å². The molecule has 0 atom stereocenters. The summed E-state index contributed by atoms with van der Waals surface area (Å²) in [4.78, 5) is 22.7. The first-order valence-corrected chi connectivity index (χ1v) is 5.67. The van der Waals surface area contributed by atoms with Gasteiger partial charge in [-0.2, -0.15) is 0 Å². The molecule has 0 aromatic rings. The Bertz CT molecular complexity index is 217. The Morgan fingerprint density at radius 1 is 1.00 bits per heavy atom. The molecule has 0 saturated heterocycles. The SMILES string of the molecule is CCCC(CC)(CC(=O)OC)CC(=O)OC. The van der Waals surface area contributed by atoms with Crippen LogP contribution in [-0.2, 0) is 19.1 Å². The highest BCUT2D eigenvalue weighted by Gasteiger charge is 2.33. The second kappa shape index (κ2) is 7.25. The maximum atomic E-state index is 11.4. The number of ether oxygens (including phenoxy) is 2. The van der Waals surface area contributed by atoms with Crippen LogP contribution in [0, 0.1) is 5.41 Å². The summed E-state index contributed by atoms with van der Waals surface area (Å²) in [5, 5.41) is 0. The minimum atomic E-state index is -0.311. The fraction of sp³-hybridized carbons (Fsp3) is 0.833. The lowest BCUT2D eigenvalue weighted by Gasteiger charge is -2.30. The molecule has 0 rings (SSSR count). The Balaban J connectivity index is 4.69. The van der Waals surface area contributed by atoms with Crippen LogP contribution >= 0.6 is 0 Å². The van der Waals surface area contributed by atoms with Gasteiger partial charge in [0.1, 0.15) is 0 Å². The van der Waals surface area contributed by atoms with Crippen molar-refractivity contribution in [2.75, 3.05) is 14.2 Å². The normalized spacial score (nSPS) is 11.0. The highest BCUT2D eigenvalue weighted by atomic mass is 16.5. The van der Waals surface area contributed by atoms with E-state index in [1.807, 2.05) is 13.8 Å². The molecular formula is C12H22O4. The van der Waals surface area contributed by atoms with Crippen molar-refractivity contribution in [1.82, 2.24) is 0 Å². The summed E-state index contributed by atoms with van der Waals surface area (Å²) < 4.78 is 9.36. The fourth-order valence-electron chi connectivity index (χ4n) is 1.95. The number of hydrogen-bond donors (Lipinski definition) is 0. The van der Waals surface area contributed by atoms with Crippen LogP contribution in [0.15, 0.2) is 0 Å². The van der Waals surface area contributed by atoms with Crippen LogP contribution in [0.1, 0.15) is 46.0 Å². The van der Waals surface area contributed by atoms with Crippen LogP contribution < -0.4 is 0 Å². The number of carbonyl (C=O) groups is 2. The van der Waals surface area contributed by atoms with E-state index in [9.17, 15) is 9.59 Å². The minimum absolute atomic E-state index is 0.265. The zero-order valence-electron chi connectivity index (χ0n) is 10.7. The standard InChI is InChI=1S/C12H22O4/c1-5-7-12(6-2,8-10(13)15-3)9-11(14)16-4/h5-9H2,1-4H3. The summed E-state index contributed by atoms with van der Waals surface area (Å²) in [5.74, 6) is -0.529. The van der Waals surface area contributed by atoms with E-state index in [0.717, 1.165) is 19.3 Å². The van der Waals surface area contributed by atoms with E-state index in [1.54, 1.807) is 0 Å². The summed E-state index contributed by atoms with van der Waals surface area (Å²) in [6.45, 7) is 4.03. The van der Waals surface area contributed by atoms with Crippen molar-refractivity contribution in [3.63, 3.8) is 0 Å². The molecule has 16 heavy (non-hydrogen) atoms. The molecule has 0 heterocycles. The molecule has 0 fully saturated rings. The van der Waals surface area contributed by atoms with E-state index in [0.29, 0.717) is 0 Å². The third-order valence-electron chi connectivity index (χ3n) is 3.02. The van der Waals surface area contributed by atoms with Crippen molar-refractivity contribution in [2.45, 2.75) is 46.0 Å². The molecule has 94 valence electrons. The molecule has 0 spiro atoms. The van der Waals surface area contributed by atoms with E-state index in [2.05, 4.69) is 9.47 Å².